The molecule has 0 unspecified atom stereocenters. The minimum Gasteiger partial charge on any atom is -0.314 e. The van der Waals surface area contributed by atoms with Gasteiger partial charge in [0.25, 0.3) is 0 Å². The molecule has 1 N–H and O–H groups in total. The van der Waals surface area contributed by atoms with Gasteiger partial charge in [-0.15, -0.1) is 36.2 Å². The Bertz CT molecular complexity index is 308. The molecule has 1 aliphatic heterocycles. The molecule has 98 valence electrons. The van der Waals surface area contributed by atoms with Crippen LogP contribution in [0, 0.1) is 5.92 Å². The minimum absolute atomic E-state index is 0. The van der Waals surface area contributed by atoms with Crippen LogP contribution in [-0.4, -0.2) is 31.1 Å². The number of halogens is 2. The molecule has 5 heteroatoms. The van der Waals surface area contributed by atoms with Gasteiger partial charge >= 0.3 is 0 Å². The van der Waals surface area contributed by atoms with Gasteiger partial charge in [-0.1, -0.05) is 6.07 Å². The maximum atomic E-state index is 3.44. The molecule has 2 fully saturated rings. The number of piperazine rings is 1. The van der Waals surface area contributed by atoms with Gasteiger partial charge in [0.15, 0.2) is 0 Å². The molecule has 2 aliphatic rings. The molecule has 17 heavy (non-hydrogen) atoms. The summed E-state index contributed by atoms with van der Waals surface area (Å²) in [6.07, 6.45) is 2.87. The van der Waals surface area contributed by atoms with Crippen LogP contribution in [0.15, 0.2) is 17.5 Å². The number of thiophene rings is 1. The van der Waals surface area contributed by atoms with E-state index in [1.807, 2.05) is 11.3 Å². The molecule has 3 rings (SSSR count). The van der Waals surface area contributed by atoms with Crippen molar-refractivity contribution < 1.29 is 0 Å². The van der Waals surface area contributed by atoms with E-state index in [0.717, 1.165) is 25.0 Å². The van der Waals surface area contributed by atoms with Crippen molar-refractivity contribution in [1.29, 1.82) is 0 Å². The topological polar surface area (TPSA) is 15.3 Å². The Balaban J connectivity index is 0.000000722. The SMILES string of the molecule is Cl.Cl.c1csc([C@H](C2CC2)N2CCNCC2)c1. The molecule has 0 spiro atoms. The largest absolute Gasteiger partial charge is 0.314 e. The minimum atomic E-state index is 0. The molecule has 0 radical (unpaired) electrons. The van der Waals surface area contributed by atoms with Gasteiger partial charge < -0.3 is 5.32 Å². The average Bonchev–Trinajstić information content (AvgIpc) is 2.96. The summed E-state index contributed by atoms with van der Waals surface area (Å²) < 4.78 is 0. The van der Waals surface area contributed by atoms with E-state index in [0.29, 0.717) is 0 Å². The Morgan fingerprint density at radius 2 is 1.94 bits per heavy atom. The van der Waals surface area contributed by atoms with Gasteiger partial charge in [0.05, 0.1) is 0 Å². The fourth-order valence-electron chi connectivity index (χ4n) is 2.54. The second kappa shape index (κ2) is 6.95. The zero-order valence-corrected chi connectivity index (χ0v) is 12.3. The second-order valence-electron chi connectivity index (χ2n) is 4.58. The highest BCUT2D eigenvalue weighted by Crippen LogP contribution is 2.45. The van der Waals surface area contributed by atoms with E-state index >= 15 is 0 Å². The lowest BCUT2D eigenvalue weighted by Crippen LogP contribution is -2.45. The van der Waals surface area contributed by atoms with Gasteiger partial charge in [-0.25, -0.2) is 0 Å². The first kappa shape index (κ1) is 15.3. The van der Waals surface area contributed by atoms with Gasteiger partial charge in [-0.2, -0.15) is 0 Å². The van der Waals surface area contributed by atoms with E-state index in [2.05, 4.69) is 27.7 Å². The summed E-state index contributed by atoms with van der Waals surface area (Å²) in [5, 5.41) is 5.65. The van der Waals surface area contributed by atoms with Crippen LogP contribution in [0.3, 0.4) is 0 Å². The van der Waals surface area contributed by atoms with Crippen molar-refractivity contribution >= 4 is 36.2 Å². The summed E-state index contributed by atoms with van der Waals surface area (Å²) in [5.41, 5.74) is 0. The highest BCUT2D eigenvalue weighted by molar-refractivity contribution is 7.10. The van der Waals surface area contributed by atoms with E-state index < -0.39 is 0 Å². The molecule has 1 aromatic heterocycles. The van der Waals surface area contributed by atoms with Crippen molar-refractivity contribution in [3.63, 3.8) is 0 Å². The van der Waals surface area contributed by atoms with Crippen LogP contribution >= 0.6 is 36.2 Å². The Labute approximate surface area is 120 Å². The van der Waals surface area contributed by atoms with Crippen LogP contribution in [0.2, 0.25) is 0 Å². The smallest absolute Gasteiger partial charge is 0.0470 e. The van der Waals surface area contributed by atoms with E-state index in [9.17, 15) is 0 Å². The van der Waals surface area contributed by atoms with E-state index in [4.69, 9.17) is 0 Å². The fraction of sp³-hybridized carbons (Fsp3) is 0.667. The predicted octanol–water partition coefficient (Wildman–Crippen LogP) is 2.95. The first-order valence-corrected chi connectivity index (χ1v) is 6.81. The lowest BCUT2D eigenvalue weighted by atomic mass is 10.1. The molecule has 1 saturated heterocycles. The lowest BCUT2D eigenvalue weighted by molar-refractivity contribution is 0.159. The normalized spacial score (nSPS) is 22.4. The summed E-state index contributed by atoms with van der Waals surface area (Å²) in [7, 11) is 0. The maximum Gasteiger partial charge on any atom is 0.0470 e. The number of hydrogen-bond acceptors (Lipinski definition) is 3. The van der Waals surface area contributed by atoms with E-state index in [1.54, 1.807) is 4.88 Å². The average molecular weight is 295 g/mol. The fourth-order valence-corrected chi connectivity index (χ4v) is 3.49. The monoisotopic (exact) mass is 294 g/mol. The molecule has 1 saturated carbocycles. The van der Waals surface area contributed by atoms with E-state index in [-0.39, 0.29) is 24.8 Å². The Morgan fingerprint density at radius 1 is 1.24 bits per heavy atom. The summed E-state index contributed by atoms with van der Waals surface area (Å²) >= 11 is 1.93. The van der Waals surface area contributed by atoms with Gasteiger partial charge in [0.2, 0.25) is 0 Å². The van der Waals surface area contributed by atoms with Crippen molar-refractivity contribution in [2.45, 2.75) is 18.9 Å². The number of rotatable bonds is 3. The Kier molecular flexibility index (Phi) is 6.24. The second-order valence-corrected chi connectivity index (χ2v) is 5.56. The third-order valence-electron chi connectivity index (χ3n) is 3.45. The van der Waals surface area contributed by atoms with Gasteiger partial charge in [0.1, 0.15) is 0 Å². The van der Waals surface area contributed by atoms with Crippen LogP contribution in [0.1, 0.15) is 23.8 Å². The van der Waals surface area contributed by atoms with Crippen molar-refractivity contribution in [3.8, 4) is 0 Å². The van der Waals surface area contributed by atoms with Crippen molar-refractivity contribution in [2.75, 3.05) is 26.2 Å². The summed E-state index contributed by atoms with van der Waals surface area (Å²) in [5.74, 6) is 0.946. The third kappa shape index (κ3) is 3.58. The molecule has 1 aliphatic carbocycles. The zero-order chi connectivity index (χ0) is 10.1. The number of nitrogens with one attached hydrogen (secondary N) is 1. The maximum absolute atomic E-state index is 3.44. The van der Waals surface area contributed by atoms with Crippen LogP contribution in [0.4, 0.5) is 0 Å². The molecule has 0 amide bonds. The molecule has 0 aromatic carbocycles. The first-order valence-electron chi connectivity index (χ1n) is 5.93. The Morgan fingerprint density at radius 3 is 2.47 bits per heavy atom. The Hall–Kier alpha value is 0.200. The molecule has 1 atom stereocenters. The first-order chi connectivity index (χ1) is 7.45. The van der Waals surface area contributed by atoms with Gasteiger partial charge in [-0.3, -0.25) is 4.90 Å². The van der Waals surface area contributed by atoms with Gasteiger partial charge in [-0.05, 0) is 30.2 Å². The van der Waals surface area contributed by atoms with Crippen molar-refractivity contribution in [2.24, 2.45) is 5.92 Å². The third-order valence-corrected chi connectivity index (χ3v) is 4.39. The molecular weight excluding hydrogens is 275 g/mol. The van der Waals surface area contributed by atoms with E-state index in [1.165, 1.54) is 25.9 Å². The summed E-state index contributed by atoms with van der Waals surface area (Å²) in [6, 6.07) is 5.24. The molecular formula is C12H20Cl2N2S. The number of nitrogens with zero attached hydrogens (tertiary/aromatic N) is 1. The predicted molar refractivity (Wildman–Crippen MR) is 78.7 cm³/mol. The van der Waals surface area contributed by atoms with Crippen LogP contribution in [-0.2, 0) is 0 Å². The van der Waals surface area contributed by atoms with Crippen LogP contribution in [0.25, 0.3) is 0 Å². The molecule has 2 nitrogen and oxygen atoms in total. The molecule has 0 bridgehead atoms. The zero-order valence-electron chi connectivity index (χ0n) is 9.80. The lowest BCUT2D eigenvalue weighted by Gasteiger charge is -2.34. The number of hydrogen-bond donors (Lipinski definition) is 1. The molecule has 2 heterocycles. The van der Waals surface area contributed by atoms with Crippen LogP contribution in [0.5, 0.6) is 0 Å². The van der Waals surface area contributed by atoms with Crippen LogP contribution < -0.4 is 5.32 Å². The molecule has 1 aromatic rings. The van der Waals surface area contributed by atoms with Gasteiger partial charge in [0, 0.05) is 37.1 Å². The standard InChI is InChI=1S/C12H18N2S.2ClH/c1-2-11(15-9-1)12(10-3-4-10)14-7-5-13-6-8-14;;/h1-2,9-10,12-13H,3-8H2;2*1H/t12-;;/m0../s1. The highest BCUT2D eigenvalue weighted by Gasteiger charge is 2.37. The van der Waals surface area contributed by atoms with Crippen molar-refractivity contribution in [1.82, 2.24) is 10.2 Å². The summed E-state index contributed by atoms with van der Waals surface area (Å²) in [6.45, 7) is 4.77. The quantitative estimate of drug-likeness (QED) is 0.922. The summed E-state index contributed by atoms with van der Waals surface area (Å²) in [4.78, 5) is 4.26. The van der Waals surface area contributed by atoms with Crippen molar-refractivity contribution in [3.05, 3.63) is 22.4 Å². The highest BCUT2D eigenvalue weighted by atomic mass is 35.5.